The van der Waals surface area contributed by atoms with E-state index in [0.717, 1.165) is 6.07 Å². The summed E-state index contributed by atoms with van der Waals surface area (Å²) in [5, 5.41) is 0.430. The molecule has 0 spiro atoms. The molecule has 7 heteroatoms. The van der Waals surface area contributed by atoms with Crippen molar-refractivity contribution in [3.63, 3.8) is 0 Å². The maximum Gasteiger partial charge on any atom is 0.261 e. The third-order valence-corrected chi connectivity index (χ3v) is 4.18. The molecule has 0 saturated carbocycles. The lowest BCUT2D eigenvalue weighted by atomic mass is 10.3. The number of rotatable bonds is 4. The van der Waals surface area contributed by atoms with Crippen LogP contribution in [0, 0.1) is 5.82 Å². The highest BCUT2D eigenvalue weighted by atomic mass is 35.5. The normalized spacial score (nSPS) is 11.2. The molecule has 0 saturated heterocycles. The van der Waals surface area contributed by atoms with Gasteiger partial charge in [0.05, 0.1) is 17.7 Å². The number of hydrogen-bond donors (Lipinski definition) is 1. The SMILES string of the molecule is COc1ccc(NS(=O)(=O)c2ccc(Cl)cc2)cc1F. The number of benzene rings is 2. The van der Waals surface area contributed by atoms with Gasteiger partial charge >= 0.3 is 0 Å². The van der Waals surface area contributed by atoms with Crippen LogP contribution in [0.4, 0.5) is 10.1 Å². The van der Waals surface area contributed by atoms with E-state index in [4.69, 9.17) is 16.3 Å². The Morgan fingerprint density at radius 3 is 2.35 bits per heavy atom. The molecule has 106 valence electrons. The molecular formula is C13H11ClFNO3S. The molecule has 0 radical (unpaired) electrons. The van der Waals surface area contributed by atoms with Crippen LogP contribution in [0.3, 0.4) is 0 Å². The summed E-state index contributed by atoms with van der Waals surface area (Å²) in [6, 6.07) is 9.46. The molecule has 2 aromatic rings. The fourth-order valence-electron chi connectivity index (χ4n) is 1.56. The Hall–Kier alpha value is -1.79. The molecule has 0 amide bonds. The van der Waals surface area contributed by atoms with Gasteiger partial charge in [-0.1, -0.05) is 11.6 Å². The molecule has 0 aromatic heterocycles. The molecule has 0 aliphatic carbocycles. The van der Waals surface area contributed by atoms with Gasteiger partial charge in [-0.2, -0.15) is 0 Å². The number of nitrogens with one attached hydrogen (secondary N) is 1. The average molecular weight is 316 g/mol. The van der Waals surface area contributed by atoms with Crippen molar-refractivity contribution in [2.75, 3.05) is 11.8 Å². The topological polar surface area (TPSA) is 55.4 Å². The van der Waals surface area contributed by atoms with E-state index in [-0.39, 0.29) is 16.3 Å². The minimum Gasteiger partial charge on any atom is -0.494 e. The van der Waals surface area contributed by atoms with Crippen molar-refractivity contribution in [2.24, 2.45) is 0 Å². The monoisotopic (exact) mass is 315 g/mol. The van der Waals surface area contributed by atoms with E-state index in [2.05, 4.69) is 4.72 Å². The molecule has 4 nitrogen and oxygen atoms in total. The standard InChI is InChI=1S/C13H11ClFNO3S/c1-19-13-7-4-10(8-12(13)15)16-20(17,18)11-5-2-9(14)3-6-11/h2-8,16H,1H3. The molecule has 0 heterocycles. The van der Waals surface area contributed by atoms with E-state index in [1.807, 2.05) is 0 Å². The smallest absolute Gasteiger partial charge is 0.261 e. The lowest BCUT2D eigenvalue weighted by molar-refractivity contribution is 0.386. The van der Waals surface area contributed by atoms with Gasteiger partial charge in [-0.05, 0) is 36.4 Å². The second-order valence-electron chi connectivity index (χ2n) is 3.91. The predicted octanol–water partition coefficient (Wildman–Crippen LogP) is 3.29. The summed E-state index contributed by atoms with van der Waals surface area (Å²) in [5.74, 6) is -0.608. The molecule has 0 aliphatic rings. The summed E-state index contributed by atoms with van der Waals surface area (Å²) in [7, 11) is -2.45. The summed E-state index contributed by atoms with van der Waals surface area (Å²) in [4.78, 5) is 0.0399. The molecule has 2 aromatic carbocycles. The highest BCUT2D eigenvalue weighted by Gasteiger charge is 2.15. The quantitative estimate of drug-likeness (QED) is 0.942. The minimum absolute atomic E-state index is 0.0399. The van der Waals surface area contributed by atoms with Gasteiger partial charge < -0.3 is 4.74 Å². The summed E-state index contributed by atoms with van der Waals surface area (Å²) < 4.78 is 44.7. The van der Waals surface area contributed by atoms with Crippen LogP contribution in [0.1, 0.15) is 0 Å². The Balaban J connectivity index is 2.28. The van der Waals surface area contributed by atoms with Gasteiger partial charge in [-0.15, -0.1) is 0 Å². The fourth-order valence-corrected chi connectivity index (χ4v) is 2.73. The lowest BCUT2D eigenvalue weighted by Crippen LogP contribution is -2.13. The zero-order valence-corrected chi connectivity index (χ0v) is 12.0. The zero-order valence-electron chi connectivity index (χ0n) is 10.4. The van der Waals surface area contributed by atoms with E-state index in [1.165, 1.54) is 43.5 Å². The first-order chi connectivity index (χ1) is 9.42. The third-order valence-electron chi connectivity index (χ3n) is 2.53. The molecular weight excluding hydrogens is 305 g/mol. The Bertz CT molecular complexity index is 717. The molecule has 0 atom stereocenters. The van der Waals surface area contributed by atoms with Gasteiger partial charge in [0.2, 0.25) is 0 Å². The Kier molecular flexibility index (Phi) is 4.15. The molecule has 0 bridgehead atoms. The maximum absolute atomic E-state index is 13.5. The number of methoxy groups -OCH3 is 1. The molecule has 2 rings (SSSR count). The van der Waals surface area contributed by atoms with Gasteiger partial charge in [0.15, 0.2) is 11.6 Å². The van der Waals surface area contributed by atoms with Crippen LogP contribution >= 0.6 is 11.6 Å². The largest absolute Gasteiger partial charge is 0.494 e. The first-order valence-corrected chi connectivity index (χ1v) is 7.40. The summed E-state index contributed by atoms with van der Waals surface area (Å²) in [5.41, 5.74) is 0.109. The first kappa shape index (κ1) is 14.6. The molecule has 0 fully saturated rings. The van der Waals surface area contributed by atoms with Gasteiger partial charge in [-0.3, -0.25) is 4.72 Å². The van der Waals surface area contributed by atoms with Gasteiger partial charge in [0, 0.05) is 11.1 Å². The molecule has 1 N–H and O–H groups in total. The van der Waals surface area contributed by atoms with E-state index in [0.29, 0.717) is 5.02 Å². The van der Waals surface area contributed by atoms with Crippen LogP contribution in [0.15, 0.2) is 47.4 Å². The van der Waals surface area contributed by atoms with E-state index < -0.39 is 15.8 Å². The highest BCUT2D eigenvalue weighted by molar-refractivity contribution is 7.92. The Morgan fingerprint density at radius 2 is 1.80 bits per heavy atom. The van der Waals surface area contributed by atoms with Crippen molar-refractivity contribution < 1.29 is 17.5 Å². The van der Waals surface area contributed by atoms with Crippen LogP contribution in [0.25, 0.3) is 0 Å². The van der Waals surface area contributed by atoms with Gasteiger partial charge in [0.1, 0.15) is 0 Å². The molecule has 0 unspecified atom stereocenters. The highest BCUT2D eigenvalue weighted by Crippen LogP contribution is 2.23. The Labute approximate surface area is 121 Å². The second-order valence-corrected chi connectivity index (χ2v) is 6.03. The number of halogens is 2. The molecule has 0 aliphatic heterocycles. The Morgan fingerprint density at radius 1 is 1.15 bits per heavy atom. The van der Waals surface area contributed by atoms with Crippen LogP contribution < -0.4 is 9.46 Å². The van der Waals surface area contributed by atoms with Crippen molar-refractivity contribution >= 4 is 27.3 Å². The van der Waals surface area contributed by atoms with Crippen LogP contribution in [0.2, 0.25) is 5.02 Å². The van der Waals surface area contributed by atoms with E-state index in [1.54, 1.807) is 0 Å². The van der Waals surface area contributed by atoms with Crippen molar-refractivity contribution in [3.8, 4) is 5.75 Å². The number of hydrogen-bond acceptors (Lipinski definition) is 3. The van der Waals surface area contributed by atoms with Crippen molar-refractivity contribution in [2.45, 2.75) is 4.90 Å². The van der Waals surface area contributed by atoms with Crippen LogP contribution in [0.5, 0.6) is 5.75 Å². The zero-order chi connectivity index (χ0) is 14.8. The summed E-state index contributed by atoms with van der Waals surface area (Å²) >= 11 is 5.70. The van der Waals surface area contributed by atoms with Crippen molar-refractivity contribution in [1.82, 2.24) is 0 Å². The van der Waals surface area contributed by atoms with Crippen LogP contribution in [-0.2, 0) is 10.0 Å². The minimum atomic E-state index is -3.78. The summed E-state index contributed by atoms with van der Waals surface area (Å²) in [6.45, 7) is 0. The number of anilines is 1. The van der Waals surface area contributed by atoms with Gasteiger partial charge in [0.25, 0.3) is 10.0 Å². The van der Waals surface area contributed by atoms with Crippen molar-refractivity contribution in [3.05, 3.63) is 53.3 Å². The lowest BCUT2D eigenvalue weighted by Gasteiger charge is -2.09. The van der Waals surface area contributed by atoms with E-state index >= 15 is 0 Å². The summed E-state index contributed by atoms with van der Waals surface area (Å²) in [6.07, 6.45) is 0. The van der Waals surface area contributed by atoms with E-state index in [9.17, 15) is 12.8 Å². The number of sulfonamides is 1. The predicted molar refractivity (Wildman–Crippen MR) is 75.2 cm³/mol. The third kappa shape index (κ3) is 3.20. The fraction of sp³-hybridized carbons (Fsp3) is 0.0769. The maximum atomic E-state index is 13.5. The van der Waals surface area contributed by atoms with Gasteiger partial charge in [-0.25, -0.2) is 12.8 Å². The van der Waals surface area contributed by atoms with Crippen molar-refractivity contribution in [1.29, 1.82) is 0 Å². The second kappa shape index (κ2) is 5.68. The molecule has 20 heavy (non-hydrogen) atoms. The first-order valence-electron chi connectivity index (χ1n) is 5.54. The number of ether oxygens (including phenoxy) is 1. The van der Waals surface area contributed by atoms with Crippen LogP contribution in [-0.4, -0.2) is 15.5 Å². The average Bonchev–Trinajstić information content (AvgIpc) is 2.39.